The van der Waals surface area contributed by atoms with Crippen molar-refractivity contribution in [2.24, 2.45) is 28.7 Å². The van der Waals surface area contributed by atoms with Gasteiger partial charge in [-0.3, -0.25) is 14.4 Å². The van der Waals surface area contributed by atoms with E-state index in [4.69, 9.17) is 21.3 Å². The molecule has 7 N–H and O–H groups in total. The van der Waals surface area contributed by atoms with Gasteiger partial charge in [-0.2, -0.15) is 11.8 Å². The summed E-state index contributed by atoms with van der Waals surface area (Å²) in [5.74, 6) is -0.00587. The quantitative estimate of drug-likeness (QED) is 0.191. The molecule has 0 aliphatic carbocycles. The molecule has 0 aliphatic heterocycles. The molecular formula is C22H46N4O6S. The van der Waals surface area contributed by atoms with E-state index >= 15 is 0 Å². The predicted molar refractivity (Wildman–Crippen MR) is 134 cm³/mol. The Balaban J connectivity index is -0.000000469. The maximum Gasteiger partial charge on any atom is 0.314 e. The van der Waals surface area contributed by atoms with Crippen LogP contribution in [0.2, 0.25) is 0 Å². The maximum atomic E-state index is 11.3. The van der Waals surface area contributed by atoms with Crippen LogP contribution in [-0.2, 0) is 19.1 Å². The molecule has 3 atom stereocenters. The fourth-order valence-corrected chi connectivity index (χ4v) is 1.83. The minimum Gasteiger partial charge on any atom is -0.464 e. The van der Waals surface area contributed by atoms with Crippen LogP contribution < -0.4 is 22.1 Å². The lowest BCUT2D eigenvalue weighted by Gasteiger charge is -2.20. The van der Waals surface area contributed by atoms with Crippen LogP contribution in [0.15, 0.2) is 0 Å². The number of nitrogens with one attached hydrogen (secondary N) is 2. The topological polar surface area (TPSA) is 174 Å². The second-order valence-corrected chi connectivity index (χ2v) is 8.79. The van der Waals surface area contributed by atoms with Gasteiger partial charge in [0.25, 0.3) is 0 Å². The third-order valence-corrected chi connectivity index (χ3v) is 5.67. The van der Waals surface area contributed by atoms with Crippen LogP contribution in [0.3, 0.4) is 0 Å². The van der Waals surface area contributed by atoms with Crippen molar-refractivity contribution in [3.63, 3.8) is 0 Å². The SMILES string of the molecule is CCC(C)(CO)C(N)=O.CCC(C)C(=O)OCCNC(=O)NCCSC.CCC(C)C(N)=O. The molecule has 196 valence electrons. The summed E-state index contributed by atoms with van der Waals surface area (Å²) in [6, 6.07) is -0.223. The number of carbonyl (C=O) groups excluding carboxylic acids is 4. The molecule has 11 heteroatoms. The summed E-state index contributed by atoms with van der Waals surface area (Å²) in [6.07, 6.45) is 4.17. The molecule has 0 aromatic rings. The number of aliphatic hydroxyl groups excluding tert-OH is 1. The first-order valence-electron chi connectivity index (χ1n) is 11.2. The molecule has 0 bridgehead atoms. The van der Waals surface area contributed by atoms with Crippen molar-refractivity contribution in [1.82, 2.24) is 10.6 Å². The van der Waals surface area contributed by atoms with Gasteiger partial charge in [0.05, 0.1) is 24.5 Å². The highest BCUT2D eigenvalue weighted by molar-refractivity contribution is 7.98. The summed E-state index contributed by atoms with van der Waals surface area (Å²) < 4.78 is 4.99. The van der Waals surface area contributed by atoms with Crippen LogP contribution in [0.4, 0.5) is 4.79 Å². The molecule has 0 aliphatic rings. The van der Waals surface area contributed by atoms with Crippen LogP contribution in [-0.4, -0.2) is 67.2 Å². The number of hydrogen-bond donors (Lipinski definition) is 5. The molecule has 0 saturated carbocycles. The summed E-state index contributed by atoms with van der Waals surface area (Å²) in [6.45, 7) is 12.0. The number of urea groups is 1. The van der Waals surface area contributed by atoms with E-state index in [0.717, 1.165) is 18.6 Å². The van der Waals surface area contributed by atoms with E-state index in [1.165, 1.54) is 0 Å². The number of ether oxygens (including phenoxy) is 1. The lowest BCUT2D eigenvalue weighted by atomic mass is 9.88. The zero-order valence-corrected chi connectivity index (χ0v) is 22.2. The number of thioether (sulfide) groups is 1. The van der Waals surface area contributed by atoms with Gasteiger partial charge in [-0.15, -0.1) is 0 Å². The Morgan fingerprint density at radius 2 is 1.52 bits per heavy atom. The summed E-state index contributed by atoms with van der Waals surface area (Å²) in [4.78, 5) is 43.2. The Morgan fingerprint density at radius 3 is 1.82 bits per heavy atom. The number of primary amides is 2. The number of rotatable bonds is 13. The Bertz CT molecular complexity index is 559. The molecule has 0 radical (unpaired) electrons. The number of aliphatic hydroxyl groups is 1. The highest BCUT2D eigenvalue weighted by Gasteiger charge is 2.27. The molecule has 4 amide bonds. The zero-order valence-electron chi connectivity index (χ0n) is 21.4. The Labute approximate surface area is 203 Å². The van der Waals surface area contributed by atoms with E-state index in [0.29, 0.717) is 19.5 Å². The fourth-order valence-electron chi connectivity index (χ4n) is 1.52. The van der Waals surface area contributed by atoms with Crippen molar-refractivity contribution in [1.29, 1.82) is 0 Å². The summed E-state index contributed by atoms with van der Waals surface area (Å²) in [5.41, 5.74) is 9.18. The van der Waals surface area contributed by atoms with Gasteiger partial charge in [-0.25, -0.2) is 4.79 Å². The average molecular weight is 495 g/mol. The molecule has 33 heavy (non-hydrogen) atoms. The van der Waals surface area contributed by atoms with Crippen LogP contribution in [0.5, 0.6) is 0 Å². The Morgan fingerprint density at radius 1 is 1.00 bits per heavy atom. The summed E-state index contributed by atoms with van der Waals surface area (Å²) >= 11 is 1.67. The van der Waals surface area contributed by atoms with E-state index in [1.54, 1.807) is 18.7 Å². The van der Waals surface area contributed by atoms with Crippen molar-refractivity contribution < 1.29 is 29.0 Å². The molecule has 3 unspecified atom stereocenters. The molecule has 0 spiro atoms. The van der Waals surface area contributed by atoms with Gasteiger partial charge in [-0.05, 0) is 32.4 Å². The first-order valence-corrected chi connectivity index (χ1v) is 12.6. The van der Waals surface area contributed by atoms with E-state index in [-0.39, 0.29) is 43.0 Å². The number of esters is 1. The van der Waals surface area contributed by atoms with E-state index in [1.807, 2.05) is 40.9 Å². The molecule has 10 nitrogen and oxygen atoms in total. The third-order valence-electron chi connectivity index (χ3n) is 5.06. The minimum atomic E-state index is -0.722. The monoisotopic (exact) mass is 494 g/mol. The minimum absolute atomic E-state index is 0.0417. The second-order valence-electron chi connectivity index (χ2n) is 7.80. The van der Waals surface area contributed by atoms with Gasteiger partial charge in [0.2, 0.25) is 11.8 Å². The highest BCUT2D eigenvalue weighted by Crippen LogP contribution is 2.18. The van der Waals surface area contributed by atoms with Crippen LogP contribution in [0, 0.1) is 17.3 Å². The zero-order chi connectivity index (χ0) is 26.4. The third kappa shape index (κ3) is 20.3. The maximum absolute atomic E-state index is 11.3. The first kappa shape index (κ1) is 35.6. The average Bonchev–Trinajstić information content (AvgIpc) is 2.80. The number of nitrogens with two attached hydrogens (primary N) is 2. The van der Waals surface area contributed by atoms with Gasteiger partial charge in [-0.1, -0.05) is 34.6 Å². The van der Waals surface area contributed by atoms with Crippen LogP contribution >= 0.6 is 11.8 Å². The van der Waals surface area contributed by atoms with Crippen LogP contribution in [0.25, 0.3) is 0 Å². The summed E-state index contributed by atoms with van der Waals surface area (Å²) in [7, 11) is 0. The van der Waals surface area contributed by atoms with Crippen molar-refractivity contribution >= 4 is 35.6 Å². The largest absolute Gasteiger partial charge is 0.464 e. The second kappa shape index (κ2) is 21.8. The molecule has 0 rings (SSSR count). The van der Waals surface area contributed by atoms with Gasteiger partial charge in [0.1, 0.15) is 6.61 Å². The Kier molecular flexibility index (Phi) is 23.5. The van der Waals surface area contributed by atoms with Gasteiger partial charge in [0, 0.05) is 18.2 Å². The first-order chi connectivity index (χ1) is 15.4. The van der Waals surface area contributed by atoms with E-state index in [9.17, 15) is 19.2 Å². The number of hydrogen-bond acceptors (Lipinski definition) is 7. The molecule has 0 heterocycles. The normalized spacial score (nSPS) is 13.5. The van der Waals surface area contributed by atoms with Gasteiger partial charge < -0.3 is 31.9 Å². The van der Waals surface area contributed by atoms with E-state index < -0.39 is 11.3 Å². The molecule has 0 aromatic heterocycles. The van der Waals surface area contributed by atoms with Crippen molar-refractivity contribution in [3.05, 3.63) is 0 Å². The fraction of sp³-hybridized carbons (Fsp3) is 0.818. The van der Waals surface area contributed by atoms with Crippen molar-refractivity contribution in [2.75, 3.05) is 38.3 Å². The van der Waals surface area contributed by atoms with Crippen molar-refractivity contribution in [3.8, 4) is 0 Å². The molecule has 0 fully saturated rings. The predicted octanol–water partition coefficient (Wildman–Crippen LogP) is 1.64. The number of amides is 4. The van der Waals surface area contributed by atoms with Crippen molar-refractivity contribution in [2.45, 2.75) is 60.8 Å². The van der Waals surface area contributed by atoms with Gasteiger partial charge in [0.15, 0.2) is 0 Å². The summed E-state index contributed by atoms with van der Waals surface area (Å²) in [5, 5.41) is 14.0. The standard InChI is InChI=1S/C11H22N2O3S.C6H13NO2.C5H11NO/c1-4-9(2)10(14)16-7-5-12-11(15)13-6-8-17-3;1-3-6(2,4-8)5(7)9;1-3-4(2)5(6)7/h9H,4-8H2,1-3H3,(H2,12,13,15);8H,3-4H2,1-2H3,(H2,7,9);4H,3H2,1-2H3,(H2,6,7). The molecule has 0 aromatic carbocycles. The number of carbonyl (C=O) groups is 4. The smallest absolute Gasteiger partial charge is 0.314 e. The lowest BCUT2D eigenvalue weighted by Crippen LogP contribution is -2.38. The van der Waals surface area contributed by atoms with E-state index in [2.05, 4.69) is 10.6 Å². The Hall–Kier alpha value is -2.01. The lowest BCUT2D eigenvalue weighted by molar-refractivity contribution is -0.147. The molecular weight excluding hydrogens is 448 g/mol. The highest BCUT2D eigenvalue weighted by atomic mass is 32.2. The van der Waals surface area contributed by atoms with Gasteiger partial charge >= 0.3 is 12.0 Å². The van der Waals surface area contributed by atoms with Crippen LogP contribution in [0.1, 0.15) is 60.8 Å². The molecule has 0 saturated heterocycles.